The van der Waals surface area contributed by atoms with Crippen LogP contribution in [0, 0.1) is 0 Å². The number of anilines is 2. The van der Waals surface area contributed by atoms with Crippen molar-refractivity contribution in [2.75, 3.05) is 11.1 Å². The zero-order valence-electron chi connectivity index (χ0n) is 14.2. The van der Waals surface area contributed by atoms with Crippen molar-refractivity contribution in [2.45, 2.75) is 6.18 Å². The van der Waals surface area contributed by atoms with E-state index in [2.05, 4.69) is 15.4 Å². The number of rotatable bonds is 3. The highest BCUT2D eigenvalue weighted by atomic mass is 35.5. The minimum atomic E-state index is -4.58. The van der Waals surface area contributed by atoms with E-state index < -0.39 is 17.8 Å². The number of carbonyl (C=O) groups excluding carboxylic acids is 1. The van der Waals surface area contributed by atoms with Gasteiger partial charge in [0.1, 0.15) is 11.6 Å². The molecule has 0 radical (unpaired) electrons. The van der Waals surface area contributed by atoms with Crippen molar-refractivity contribution < 1.29 is 18.0 Å². The second-order valence-corrected chi connectivity index (χ2v) is 6.65. The number of halogens is 5. The Labute approximate surface area is 167 Å². The summed E-state index contributed by atoms with van der Waals surface area (Å²) in [5.74, 6) is -0.483. The van der Waals surface area contributed by atoms with Crippen molar-refractivity contribution >= 4 is 40.7 Å². The molecule has 2 heterocycles. The Balaban J connectivity index is 1.87. The first kappa shape index (κ1) is 20.0. The number of nitrogen functional groups attached to an aromatic ring is 1. The van der Waals surface area contributed by atoms with Crippen molar-refractivity contribution in [3.05, 3.63) is 57.7 Å². The molecule has 3 N–H and O–H groups in total. The molecule has 0 saturated heterocycles. The summed E-state index contributed by atoms with van der Waals surface area (Å²) < 4.78 is 39.6. The lowest BCUT2D eigenvalue weighted by molar-refractivity contribution is -0.141. The number of nitrogens with two attached hydrogens (primary N) is 1. The Bertz CT molecular complexity index is 1050. The molecule has 28 heavy (non-hydrogen) atoms. The van der Waals surface area contributed by atoms with Gasteiger partial charge >= 0.3 is 6.18 Å². The van der Waals surface area contributed by atoms with Gasteiger partial charge in [-0.15, -0.1) is 0 Å². The maximum atomic E-state index is 12.8. The summed E-state index contributed by atoms with van der Waals surface area (Å²) in [4.78, 5) is 16.3. The van der Waals surface area contributed by atoms with E-state index in [1.54, 1.807) is 0 Å². The molecule has 0 bridgehead atoms. The predicted octanol–water partition coefficient (Wildman–Crippen LogP) is 4.64. The highest BCUT2D eigenvalue weighted by Crippen LogP contribution is 2.33. The second-order valence-electron chi connectivity index (χ2n) is 5.78. The van der Waals surface area contributed by atoms with Gasteiger partial charge in [-0.3, -0.25) is 9.48 Å². The molecule has 0 aliphatic rings. The van der Waals surface area contributed by atoms with E-state index >= 15 is 0 Å². The van der Waals surface area contributed by atoms with Gasteiger partial charge in [0.25, 0.3) is 5.91 Å². The van der Waals surface area contributed by atoms with E-state index in [0.29, 0.717) is 0 Å². The van der Waals surface area contributed by atoms with Crippen LogP contribution in [0.3, 0.4) is 0 Å². The molecule has 1 amide bonds. The van der Waals surface area contributed by atoms with Crippen molar-refractivity contribution in [1.82, 2.24) is 14.8 Å². The molecule has 6 nitrogen and oxygen atoms in total. The number of aryl methyl sites for hydroxylation is 1. The third-order valence-corrected chi connectivity index (χ3v) is 4.17. The van der Waals surface area contributed by atoms with Crippen molar-refractivity contribution in [2.24, 2.45) is 7.05 Å². The fourth-order valence-electron chi connectivity index (χ4n) is 2.49. The van der Waals surface area contributed by atoms with E-state index in [1.165, 1.54) is 37.4 Å². The van der Waals surface area contributed by atoms with E-state index in [0.717, 1.165) is 10.7 Å². The number of hydrogen-bond acceptors (Lipinski definition) is 4. The Morgan fingerprint density at radius 2 is 1.79 bits per heavy atom. The molecular weight excluding hydrogens is 418 g/mol. The monoisotopic (exact) mass is 429 g/mol. The second kappa shape index (κ2) is 7.33. The summed E-state index contributed by atoms with van der Waals surface area (Å²) in [6.45, 7) is 0. The smallest absolute Gasteiger partial charge is 0.383 e. The van der Waals surface area contributed by atoms with Gasteiger partial charge in [0.2, 0.25) is 0 Å². The van der Waals surface area contributed by atoms with Gasteiger partial charge in [0.05, 0.1) is 5.69 Å². The maximum Gasteiger partial charge on any atom is 0.435 e. The molecule has 0 aliphatic heterocycles. The van der Waals surface area contributed by atoms with E-state index in [9.17, 15) is 18.0 Å². The number of pyridine rings is 1. The van der Waals surface area contributed by atoms with E-state index in [4.69, 9.17) is 28.9 Å². The van der Waals surface area contributed by atoms with Gasteiger partial charge in [0.15, 0.2) is 5.69 Å². The average molecular weight is 430 g/mol. The van der Waals surface area contributed by atoms with Gasteiger partial charge in [-0.05, 0) is 36.4 Å². The molecule has 0 spiro atoms. The minimum absolute atomic E-state index is 0.0707. The summed E-state index contributed by atoms with van der Waals surface area (Å²) >= 11 is 11.7. The zero-order valence-corrected chi connectivity index (χ0v) is 15.7. The number of nitrogens with one attached hydrogen (secondary N) is 1. The molecule has 0 atom stereocenters. The Hall–Kier alpha value is -2.78. The van der Waals surface area contributed by atoms with Crippen LogP contribution in [0.1, 0.15) is 16.1 Å². The fraction of sp³-hybridized carbons (Fsp3) is 0.118. The van der Waals surface area contributed by atoms with Gasteiger partial charge in [-0.2, -0.15) is 18.3 Å². The fourth-order valence-corrected chi connectivity index (χ4v) is 3.02. The highest BCUT2D eigenvalue weighted by Gasteiger charge is 2.35. The van der Waals surface area contributed by atoms with E-state index in [-0.39, 0.29) is 38.5 Å². The van der Waals surface area contributed by atoms with Crippen LogP contribution in [0.15, 0.2) is 36.4 Å². The molecular formula is C17H12Cl2F3N5O. The molecule has 0 saturated carbocycles. The number of aromatic nitrogens is 3. The molecule has 0 fully saturated rings. The highest BCUT2D eigenvalue weighted by molar-refractivity contribution is 6.35. The molecule has 1 aromatic carbocycles. The first-order chi connectivity index (χ1) is 13.0. The van der Waals surface area contributed by atoms with Gasteiger partial charge in [0, 0.05) is 28.2 Å². The summed E-state index contributed by atoms with van der Waals surface area (Å²) in [5, 5.41) is 6.54. The van der Waals surface area contributed by atoms with Gasteiger partial charge in [-0.1, -0.05) is 23.2 Å². The zero-order chi connectivity index (χ0) is 20.6. The SMILES string of the molecule is Cn1nc(C(F)(F)F)cc1-c1ccc(NC(=O)c2cc(Cl)cc(Cl)c2)nc1N. The number of carbonyl (C=O) groups is 1. The lowest BCUT2D eigenvalue weighted by Crippen LogP contribution is -2.13. The third kappa shape index (κ3) is 4.20. The third-order valence-electron chi connectivity index (χ3n) is 3.74. The molecule has 3 rings (SSSR count). The number of benzene rings is 1. The first-order valence-electron chi connectivity index (χ1n) is 7.70. The lowest BCUT2D eigenvalue weighted by Gasteiger charge is -2.09. The molecule has 3 aromatic rings. The Kier molecular flexibility index (Phi) is 5.22. The van der Waals surface area contributed by atoms with Crippen LogP contribution in [-0.4, -0.2) is 20.7 Å². The van der Waals surface area contributed by atoms with Crippen LogP contribution in [0.4, 0.5) is 24.8 Å². The standard InChI is InChI=1S/C17H12Cl2F3N5O/c1-27-12(7-13(26-27)17(20,21)22)11-2-3-14(24-15(11)23)25-16(28)8-4-9(18)6-10(19)5-8/h2-7H,1H3,(H3,23,24,25,28). The van der Waals surface area contributed by atoms with Crippen LogP contribution in [0.2, 0.25) is 10.0 Å². The molecule has 146 valence electrons. The first-order valence-corrected chi connectivity index (χ1v) is 8.46. The quantitative estimate of drug-likeness (QED) is 0.634. The predicted molar refractivity (Wildman–Crippen MR) is 100 cm³/mol. The number of alkyl halides is 3. The van der Waals surface area contributed by atoms with Crippen LogP contribution in [-0.2, 0) is 13.2 Å². The minimum Gasteiger partial charge on any atom is -0.383 e. The normalized spacial score (nSPS) is 11.5. The van der Waals surface area contributed by atoms with Crippen molar-refractivity contribution in [3.63, 3.8) is 0 Å². The molecule has 2 aromatic heterocycles. The largest absolute Gasteiger partial charge is 0.435 e. The van der Waals surface area contributed by atoms with Crippen LogP contribution < -0.4 is 11.1 Å². The summed E-state index contributed by atoms with van der Waals surface area (Å²) in [6, 6.07) is 8.06. The molecule has 0 unspecified atom stereocenters. The van der Waals surface area contributed by atoms with Crippen molar-refractivity contribution in [3.8, 4) is 11.3 Å². The van der Waals surface area contributed by atoms with E-state index in [1.807, 2.05) is 0 Å². The topological polar surface area (TPSA) is 85.8 Å². The maximum absolute atomic E-state index is 12.8. The van der Waals surface area contributed by atoms with Crippen LogP contribution in [0.5, 0.6) is 0 Å². The summed E-state index contributed by atoms with van der Waals surface area (Å²) in [7, 11) is 1.36. The summed E-state index contributed by atoms with van der Waals surface area (Å²) in [5.41, 5.74) is 5.43. The molecule has 0 aliphatic carbocycles. The van der Waals surface area contributed by atoms with Gasteiger partial charge in [-0.25, -0.2) is 4.98 Å². The Morgan fingerprint density at radius 1 is 1.14 bits per heavy atom. The van der Waals surface area contributed by atoms with Crippen molar-refractivity contribution in [1.29, 1.82) is 0 Å². The molecule has 11 heteroatoms. The summed E-state index contributed by atoms with van der Waals surface area (Å²) in [6.07, 6.45) is -4.58. The Morgan fingerprint density at radius 3 is 2.32 bits per heavy atom. The van der Waals surface area contributed by atoms with Crippen LogP contribution >= 0.6 is 23.2 Å². The number of nitrogens with zero attached hydrogens (tertiary/aromatic N) is 3. The van der Waals surface area contributed by atoms with Crippen LogP contribution in [0.25, 0.3) is 11.3 Å². The number of amides is 1. The average Bonchev–Trinajstić information content (AvgIpc) is 2.96. The van der Waals surface area contributed by atoms with Gasteiger partial charge < -0.3 is 11.1 Å². The lowest BCUT2D eigenvalue weighted by atomic mass is 10.1. The number of hydrogen-bond donors (Lipinski definition) is 2.